The number of fused-ring (bicyclic) bond motifs is 1. The zero-order valence-corrected chi connectivity index (χ0v) is 10.8. The zero-order chi connectivity index (χ0) is 15.9. The Balaban J connectivity index is 2.29. The summed E-state index contributed by atoms with van der Waals surface area (Å²) in [5.74, 6) is -0.693. The maximum absolute atomic E-state index is 12.5. The lowest BCUT2D eigenvalue weighted by molar-refractivity contribution is -0.274. The van der Waals surface area contributed by atoms with Gasteiger partial charge in [-0.15, -0.1) is 13.2 Å². The van der Waals surface area contributed by atoms with Crippen LogP contribution in [0.4, 0.5) is 19.1 Å². The van der Waals surface area contributed by atoms with Gasteiger partial charge in [-0.05, 0) is 12.1 Å². The first-order valence-corrected chi connectivity index (χ1v) is 5.93. The van der Waals surface area contributed by atoms with Gasteiger partial charge in [0.2, 0.25) is 5.95 Å². The predicted octanol–water partition coefficient (Wildman–Crippen LogP) is 1.59. The fourth-order valence-corrected chi connectivity index (χ4v) is 2.04. The lowest BCUT2D eigenvalue weighted by atomic mass is 10.3. The molecule has 7 nitrogen and oxygen atoms in total. The first kappa shape index (κ1) is 13.9. The highest BCUT2D eigenvalue weighted by Crippen LogP contribution is 2.31. The summed E-state index contributed by atoms with van der Waals surface area (Å²) in [4.78, 5) is 21.9. The molecule has 2 aromatic heterocycles. The molecule has 0 aliphatic carbocycles. The van der Waals surface area contributed by atoms with Gasteiger partial charge in [-0.1, -0.05) is 12.1 Å². The Morgan fingerprint density at radius 3 is 2.73 bits per heavy atom. The number of halogens is 3. The number of anilines is 1. The molecule has 0 saturated carbocycles. The van der Waals surface area contributed by atoms with Crippen molar-refractivity contribution in [1.29, 1.82) is 0 Å². The normalized spacial score (nSPS) is 11.8. The van der Waals surface area contributed by atoms with E-state index in [1.807, 2.05) is 0 Å². The van der Waals surface area contributed by atoms with Gasteiger partial charge in [0, 0.05) is 0 Å². The highest BCUT2D eigenvalue weighted by molar-refractivity contribution is 5.77. The van der Waals surface area contributed by atoms with Crippen LogP contribution in [0.5, 0.6) is 5.75 Å². The van der Waals surface area contributed by atoms with Crippen molar-refractivity contribution in [2.45, 2.75) is 6.36 Å². The Kier molecular flexibility index (Phi) is 3.01. The van der Waals surface area contributed by atoms with Gasteiger partial charge >= 0.3 is 6.36 Å². The van der Waals surface area contributed by atoms with Gasteiger partial charge in [-0.2, -0.15) is 4.98 Å². The van der Waals surface area contributed by atoms with Crippen LogP contribution in [0.15, 0.2) is 35.4 Å². The number of nitrogens with one attached hydrogen (secondary N) is 1. The topological polar surface area (TPSA) is 98.8 Å². The minimum Gasteiger partial charge on any atom is -0.404 e. The third kappa shape index (κ3) is 2.34. The number of benzene rings is 1. The summed E-state index contributed by atoms with van der Waals surface area (Å²) >= 11 is 0. The van der Waals surface area contributed by atoms with Crippen LogP contribution >= 0.6 is 0 Å². The summed E-state index contributed by atoms with van der Waals surface area (Å²) in [5, 5.41) is 0. The summed E-state index contributed by atoms with van der Waals surface area (Å²) in [6, 6.07) is 5.28. The summed E-state index contributed by atoms with van der Waals surface area (Å²) in [5.41, 5.74) is 5.00. The smallest absolute Gasteiger partial charge is 0.404 e. The maximum atomic E-state index is 12.5. The van der Waals surface area contributed by atoms with Crippen LogP contribution in [-0.2, 0) is 0 Å². The van der Waals surface area contributed by atoms with Crippen molar-refractivity contribution in [2.75, 3.05) is 5.73 Å². The van der Waals surface area contributed by atoms with Crippen molar-refractivity contribution >= 4 is 17.1 Å². The second-order valence-electron chi connectivity index (χ2n) is 4.22. The summed E-state index contributed by atoms with van der Waals surface area (Å²) in [6.07, 6.45) is -3.76. The fourth-order valence-electron chi connectivity index (χ4n) is 2.04. The average Bonchev–Trinajstić information content (AvgIpc) is 2.75. The minimum atomic E-state index is -4.88. The second kappa shape index (κ2) is 4.76. The molecule has 10 heteroatoms. The molecule has 3 rings (SSSR count). The van der Waals surface area contributed by atoms with Crippen molar-refractivity contribution < 1.29 is 17.9 Å². The predicted molar refractivity (Wildman–Crippen MR) is 70.6 cm³/mol. The first-order valence-electron chi connectivity index (χ1n) is 5.93. The van der Waals surface area contributed by atoms with E-state index < -0.39 is 17.7 Å². The molecule has 0 unspecified atom stereocenters. The monoisotopic (exact) mass is 311 g/mol. The molecule has 0 bridgehead atoms. The third-order valence-electron chi connectivity index (χ3n) is 2.81. The van der Waals surface area contributed by atoms with E-state index in [1.54, 1.807) is 0 Å². The quantitative estimate of drug-likeness (QED) is 0.749. The van der Waals surface area contributed by atoms with E-state index in [1.165, 1.54) is 18.2 Å². The van der Waals surface area contributed by atoms with Crippen LogP contribution in [0.2, 0.25) is 0 Å². The number of ether oxygens (including phenoxy) is 1. The molecule has 0 aliphatic rings. The number of nitrogens with zero attached hydrogens (tertiary/aromatic N) is 3. The Morgan fingerprint density at radius 1 is 1.27 bits per heavy atom. The number of nitrogens with two attached hydrogens (primary N) is 1. The van der Waals surface area contributed by atoms with E-state index in [-0.39, 0.29) is 22.8 Å². The number of para-hydroxylation sites is 2. The molecule has 3 aromatic rings. The molecule has 0 radical (unpaired) electrons. The van der Waals surface area contributed by atoms with Crippen molar-refractivity contribution in [3.8, 4) is 11.4 Å². The van der Waals surface area contributed by atoms with Gasteiger partial charge < -0.3 is 15.5 Å². The van der Waals surface area contributed by atoms with E-state index in [0.29, 0.717) is 0 Å². The Bertz CT molecular complexity index is 900. The molecule has 0 fully saturated rings. The van der Waals surface area contributed by atoms with Crippen LogP contribution in [0.1, 0.15) is 0 Å². The number of rotatable bonds is 2. The summed E-state index contributed by atoms with van der Waals surface area (Å²) in [7, 11) is 0. The molecule has 0 amide bonds. The lowest BCUT2D eigenvalue weighted by Crippen LogP contribution is -2.19. The number of H-pyrrole nitrogens is 1. The maximum Gasteiger partial charge on any atom is 0.573 e. The fraction of sp³-hybridized carbons (Fsp3) is 0.0833. The van der Waals surface area contributed by atoms with E-state index in [9.17, 15) is 18.0 Å². The van der Waals surface area contributed by atoms with Crippen LogP contribution in [0.3, 0.4) is 0 Å². The third-order valence-corrected chi connectivity index (χ3v) is 2.81. The molecule has 0 saturated heterocycles. The van der Waals surface area contributed by atoms with E-state index in [0.717, 1.165) is 17.0 Å². The molecule has 0 atom stereocenters. The molecule has 3 N–H and O–H groups in total. The second-order valence-corrected chi connectivity index (χ2v) is 4.22. The van der Waals surface area contributed by atoms with Crippen LogP contribution in [0, 0.1) is 0 Å². The SMILES string of the molecule is Nc1nc2nc[nH]c(=O)c2n1-c1ccccc1OC(F)(F)F. The number of alkyl halides is 3. The van der Waals surface area contributed by atoms with Crippen molar-refractivity contribution in [2.24, 2.45) is 0 Å². The highest BCUT2D eigenvalue weighted by Gasteiger charge is 2.32. The van der Waals surface area contributed by atoms with Crippen molar-refractivity contribution in [3.63, 3.8) is 0 Å². The van der Waals surface area contributed by atoms with Gasteiger partial charge in [0.05, 0.1) is 12.0 Å². The van der Waals surface area contributed by atoms with E-state index >= 15 is 0 Å². The van der Waals surface area contributed by atoms with Gasteiger partial charge in [-0.3, -0.25) is 9.36 Å². The van der Waals surface area contributed by atoms with Crippen molar-refractivity contribution in [1.82, 2.24) is 19.5 Å². The standard InChI is InChI=1S/C12H8F3N5O2/c13-12(14,15)22-7-4-2-1-3-6(7)20-8-9(19-11(20)16)17-5-18-10(8)21/h1-5H,(H3,16,17,18,19,21). The highest BCUT2D eigenvalue weighted by atomic mass is 19.4. The molecular formula is C12H8F3N5O2. The average molecular weight is 311 g/mol. The first-order chi connectivity index (χ1) is 10.4. The number of imidazole rings is 1. The van der Waals surface area contributed by atoms with Gasteiger partial charge in [0.25, 0.3) is 5.56 Å². The van der Waals surface area contributed by atoms with Gasteiger partial charge in [0.1, 0.15) is 0 Å². The van der Waals surface area contributed by atoms with Gasteiger partial charge in [-0.25, -0.2) is 4.98 Å². The van der Waals surface area contributed by atoms with Crippen LogP contribution in [-0.4, -0.2) is 25.9 Å². The van der Waals surface area contributed by atoms with Gasteiger partial charge in [0.15, 0.2) is 16.9 Å². The Labute approximate surface area is 120 Å². The molecular weight excluding hydrogens is 303 g/mol. The molecule has 0 aliphatic heterocycles. The number of hydrogen-bond donors (Lipinski definition) is 2. The van der Waals surface area contributed by atoms with Crippen molar-refractivity contribution in [3.05, 3.63) is 40.9 Å². The number of nitrogen functional groups attached to an aromatic ring is 1. The Morgan fingerprint density at radius 2 is 2.00 bits per heavy atom. The van der Waals surface area contributed by atoms with Crippen LogP contribution in [0.25, 0.3) is 16.9 Å². The number of aromatic amines is 1. The summed E-state index contributed by atoms with van der Waals surface area (Å²) in [6.45, 7) is 0. The molecule has 1 aromatic carbocycles. The lowest BCUT2D eigenvalue weighted by Gasteiger charge is -2.14. The van der Waals surface area contributed by atoms with E-state index in [2.05, 4.69) is 19.7 Å². The molecule has 2 heterocycles. The Hall–Kier alpha value is -3.04. The zero-order valence-electron chi connectivity index (χ0n) is 10.8. The summed E-state index contributed by atoms with van der Waals surface area (Å²) < 4.78 is 42.5. The molecule has 0 spiro atoms. The number of aromatic nitrogens is 4. The molecule has 22 heavy (non-hydrogen) atoms. The van der Waals surface area contributed by atoms with Crippen LogP contribution < -0.4 is 16.0 Å². The molecule has 114 valence electrons. The minimum absolute atomic E-state index is 0.0167. The largest absolute Gasteiger partial charge is 0.573 e. The number of hydrogen-bond acceptors (Lipinski definition) is 5. The van der Waals surface area contributed by atoms with E-state index in [4.69, 9.17) is 5.73 Å².